The minimum absolute atomic E-state index is 0.334. The molecule has 0 spiro atoms. The number of carboxylic acid groups (broad SMARTS) is 1. The van der Waals surface area contributed by atoms with Gasteiger partial charge in [-0.2, -0.15) is 5.10 Å². The first-order chi connectivity index (χ1) is 8.90. The average Bonchev–Trinajstić information content (AvgIpc) is 2.35. The molecule has 0 radical (unpaired) electrons. The predicted octanol–water partition coefficient (Wildman–Crippen LogP) is 2.31. The molecule has 5 nitrogen and oxygen atoms in total. The van der Waals surface area contributed by atoms with Crippen molar-refractivity contribution in [3.8, 4) is 5.69 Å². The van der Waals surface area contributed by atoms with E-state index in [2.05, 4.69) is 21.0 Å². The van der Waals surface area contributed by atoms with Crippen LogP contribution in [0.3, 0.4) is 0 Å². The molecular formula is C13H11BrN2O3. The van der Waals surface area contributed by atoms with E-state index in [1.54, 1.807) is 6.92 Å². The van der Waals surface area contributed by atoms with Crippen LogP contribution >= 0.6 is 15.9 Å². The average molecular weight is 323 g/mol. The minimum atomic E-state index is -1.33. The van der Waals surface area contributed by atoms with Crippen molar-refractivity contribution in [2.24, 2.45) is 0 Å². The van der Waals surface area contributed by atoms with E-state index >= 15 is 0 Å². The second-order valence-corrected chi connectivity index (χ2v) is 5.05. The number of nitrogens with zero attached hydrogens (tertiary/aromatic N) is 2. The standard InChI is InChI=1S/C13H11BrN2O3/c1-7-3-4-9(14)10(5-7)16-6-8(2)12(17)11(15-16)13(18)19/h3-6H,1-2H3,(H,18,19). The third-order valence-electron chi connectivity index (χ3n) is 2.65. The molecule has 1 aromatic carbocycles. The van der Waals surface area contributed by atoms with Crippen LogP contribution in [0.15, 0.2) is 33.7 Å². The molecule has 0 saturated carbocycles. The lowest BCUT2D eigenvalue weighted by molar-refractivity contribution is 0.0686. The Hall–Kier alpha value is -1.95. The number of aromatic nitrogens is 2. The Balaban J connectivity index is 2.73. The van der Waals surface area contributed by atoms with Gasteiger partial charge in [0.15, 0.2) is 0 Å². The number of hydrogen-bond acceptors (Lipinski definition) is 3. The fraction of sp³-hybridized carbons (Fsp3) is 0.154. The third-order valence-corrected chi connectivity index (χ3v) is 3.32. The molecule has 0 fully saturated rings. The zero-order chi connectivity index (χ0) is 14.2. The van der Waals surface area contributed by atoms with Crippen molar-refractivity contribution in [2.45, 2.75) is 13.8 Å². The van der Waals surface area contributed by atoms with Crippen LogP contribution in [-0.4, -0.2) is 20.9 Å². The summed E-state index contributed by atoms with van der Waals surface area (Å²) in [5.74, 6) is -1.33. The smallest absolute Gasteiger partial charge is 0.360 e. The summed E-state index contributed by atoms with van der Waals surface area (Å²) in [7, 11) is 0. The molecule has 0 aliphatic heterocycles. The van der Waals surface area contributed by atoms with Gasteiger partial charge in [-0.05, 0) is 47.5 Å². The van der Waals surface area contributed by atoms with Gasteiger partial charge in [-0.15, -0.1) is 0 Å². The number of carbonyl (C=O) groups is 1. The van der Waals surface area contributed by atoms with Gasteiger partial charge in [0, 0.05) is 16.2 Å². The first-order valence-electron chi connectivity index (χ1n) is 5.50. The highest BCUT2D eigenvalue weighted by molar-refractivity contribution is 9.10. The lowest BCUT2D eigenvalue weighted by atomic mass is 10.2. The number of rotatable bonds is 2. The van der Waals surface area contributed by atoms with E-state index in [0.29, 0.717) is 11.3 Å². The Morgan fingerprint density at radius 1 is 1.37 bits per heavy atom. The van der Waals surface area contributed by atoms with E-state index in [9.17, 15) is 9.59 Å². The molecule has 0 amide bonds. The van der Waals surface area contributed by atoms with Crippen molar-refractivity contribution in [1.82, 2.24) is 9.78 Å². The number of aromatic carboxylic acids is 1. The van der Waals surface area contributed by atoms with E-state index in [4.69, 9.17) is 5.11 Å². The molecule has 98 valence electrons. The molecule has 0 saturated heterocycles. The van der Waals surface area contributed by atoms with Crippen LogP contribution in [0.4, 0.5) is 0 Å². The van der Waals surface area contributed by atoms with Crippen LogP contribution < -0.4 is 5.43 Å². The summed E-state index contributed by atoms with van der Waals surface area (Å²) in [5, 5.41) is 12.9. The SMILES string of the molecule is Cc1ccc(Br)c(-n2cc(C)c(=O)c(C(=O)O)n2)c1. The van der Waals surface area contributed by atoms with Gasteiger partial charge in [0.2, 0.25) is 11.1 Å². The largest absolute Gasteiger partial charge is 0.476 e. The molecule has 0 aliphatic carbocycles. The Kier molecular flexibility index (Phi) is 3.53. The summed E-state index contributed by atoms with van der Waals surface area (Å²) in [4.78, 5) is 22.7. The number of carboxylic acids is 1. The lowest BCUT2D eigenvalue weighted by Gasteiger charge is -2.10. The molecule has 1 N–H and O–H groups in total. The van der Waals surface area contributed by atoms with Gasteiger partial charge in [-0.1, -0.05) is 6.07 Å². The maximum atomic E-state index is 11.7. The number of aryl methyl sites for hydroxylation is 2. The minimum Gasteiger partial charge on any atom is -0.476 e. The Morgan fingerprint density at radius 3 is 2.68 bits per heavy atom. The Labute approximate surface area is 117 Å². The monoisotopic (exact) mass is 322 g/mol. The second kappa shape index (κ2) is 4.97. The van der Waals surface area contributed by atoms with E-state index in [0.717, 1.165) is 10.0 Å². The predicted molar refractivity (Wildman–Crippen MR) is 74.0 cm³/mol. The molecule has 0 bridgehead atoms. The maximum Gasteiger partial charge on any atom is 0.360 e. The van der Waals surface area contributed by atoms with E-state index < -0.39 is 17.1 Å². The second-order valence-electron chi connectivity index (χ2n) is 4.19. The van der Waals surface area contributed by atoms with Gasteiger partial charge >= 0.3 is 5.97 Å². The number of halogens is 1. The molecule has 1 heterocycles. The van der Waals surface area contributed by atoms with Crippen LogP contribution in [-0.2, 0) is 0 Å². The molecule has 2 rings (SSSR count). The fourth-order valence-electron chi connectivity index (χ4n) is 1.67. The molecule has 0 unspecified atom stereocenters. The van der Waals surface area contributed by atoms with E-state index in [1.165, 1.54) is 10.9 Å². The normalized spacial score (nSPS) is 10.5. The Morgan fingerprint density at radius 2 is 2.05 bits per heavy atom. The highest BCUT2D eigenvalue weighted by Crippen LogP contribution is 2.21. The summed E-state index contributed by atoms with van der Waals surface area (Å²) in [6, 6.07) is 5.62. The first-order valence-corrected chi connectivity index (χ1v) is 6.30. The summed E-state index contributed by atoms with van der Waals surface area (Å²) in [5.41, 5.74) is 0.987. The van der Waals surface area contributed by atoms with Crippen LogP contribution in [0.1, 0.15) is 21.6 Å². The lowest BCUT2D eigenvalue weighted by Crippen LogP contribution is -2.23. The maximum absolute atomic E-state index is 11.7. The van der Waals surface area contributed by atoms with Crippen molar-refractivity contribution in [3.05, 3.63) is 55.9 Å². The first kappa shape index (κ1) is 13.5. The van der Waals surface area contributed by atoms with Gasteiger partial charge in [-0.3, -0.25) is 4.79 Å². The van der Waals surface area contributed by atoms with Crippen molar-refractivity contribution < 1.29 is 9.90 Å². The molecule has 6 heteroatoms. The molecule has 0 aliphatic rings. The zero-order valence-corrected chi connectivity index (χ0v) is 11.9. The third kappa shape index (κ3) is 2.58. The number of hydrogen-bond donors (Lipinski definition) is 1. The van der Waals surface area contributed by atoms with Crippen molar-refractivity contribution in [2.75, 3.05) is 0 Å². The van der Waals surface area contributed by atoms with E-state index in [-0.39, 0.29) is 0 Å². The van der Waals surface area contributed by atoms with Crippen LogP contribution in [0, 0.1) is 13.8 Å². The van der Waals surface area contributed by atoms with E-state index in [1.807, 2.05) is 25.1 Å². The van der Waals surface area contributed by atoms with Crippen molar-refractivity contribution >= 4 is 21.9 Å². The van der Waals surface area contributed by atoms with Gasteiger partial charge in [-0.25, -0.2) is 9.48 Å². The van der Waals surface area contributed by atoms with Crippen LogP contribution in [0.2, 0.25) is 0 Å². The van der Waals surface area contributed by atoms with Gasteiger partial charge in [0.05, 0.1) is 5.69 Å². The fourth-order valence-corrected chi connectivity index (χ4v) is 2.10. The van der Waals surface area contributed by atoms with Crippen molar-refractivity contribution in [3.63, 3.8) is 0 Å². The topological polar surface area (TPSA) is 72.2 Å². The summed E-state index contributed by atoms with van der Waals surface area (Å²) >= 11 is 3.39. The Bertz CT molecular complexity index is 722. The molecule has 19 heavy (non-hydrogen) atoms. The quantitative estimate of drug-likeness (QED) is 0.920. The molecule has 2 aromatic rings. The highest BCUT2D eigenvalue weighted by atomic mass is 79.9. The molecular weight excluding hydrogens is 312 g/mol. The van der Waals surface area contributed by atoms with Crippen LogP contribution in [0.5, 0.6) is 0 Å². The van der Waals surface area contributed by atoms with Gasteiger partial charge in [0.1, 0.15) is 0 Å². The van der Waals surface area contributed by atoms with Gasteiger partial charge in [0.25, 0.3) is 0 Å². The highest BCUT2D eigenvalue weighted by Gasteiger charge is 2.15. The molecule has 1 aromatic heterocycles. The van der Waals surface area contributed by atoms with Gasteiger partial charge < -0.3 is 5.11 Å². The van der Waals surface area contributed by atoms with Crippen LogP contribution in [0.25, 0.3) is 5.69 Å². The van der Waals surface area contributed by atoms with Crippen molar-refractivity contribution in [1.29, 1.82) is 0 Å². The summed E-state index contributed by atoms with van der Waals surface area (Å²) in [6.07, 6.45) is 1.52. The molecule has 0 atom stereocenters. The number of benzene rings is 1. The summed E-state index contributed by atoms with van der Waals surface area (Å²) < 4.78 is 2.17. The zero-order valence-electron chi connectivity index (χ0n) is 10.3. The summed E-state index contributed by atoms with van der Waals surface area (Å²) in [6.45, 7) is 3.49.